The van der Waals surface area contributed by atoms with E-state index in [1.54, 1.807) is 0 Å². The van der Waals surface area contributed by atoms with Gasteiger partial charge in [-0.25, -0.2) is 8.42 Å². The Morgan fingerprint density at radius 2 is 1.16 bits per heavy atom. The molecule has 0 amide bonds. The molecule has 0 aromatic heterocycles. The Bertz CT molecular complexity index is 1220. The maximum absolute atomic E-state index is 13.9. The monoisotopic (exact) mass is 629 g/mol. The van der Waals surface area contributed by atoms with E-state index in [2.05, 4.69) is 0 Å². The summed E-state index contributed by atoms with van der Waals surface area (Å²) in [5.74, 6) is -0.343. The SMILES string of the molecule is CC(CCC(=O)C12CC3CC(CC(O)(C3)C1)C2)(CCC(=O)C12CC3CC(CC(O)(C3)C1)C2)C(=O)OCC(F)(F)S(=O)(=O)[O-]. The Labute approximate surface area is 251 Å². The highest BCUT2D eigenvalue weighted by molar-refractivity contribution is 7.86. The largest absolute Gasteiger partial charge is 0.743 e. The summed E-state index contributed by atoms with van der Waals surface area (Å²) in [7, 11) is -6.07. The maximum atomic E-state index is 13.9. The Morgan fingerprint density at radius 1 is 0.791 bits per heavy atom. The molecule has 8 bridgehead atoms. The van der Waals surface area contributed by atoms with Crippen molar-refractivity contribution in [3.8, 4) is 0 Å². The van der Waals surface area contributed by atoms with Gasteiger partial charge in [0, 0.05) is 23.7 Å². The van der Waals surface area contributed by atoms with E-state index in [0.717, 1.165) is 12.8 Å². The summed E-state index contributed by atoms with van der Waals surface area (Å²) >= 11 is 0. The molecule has 12 heteroatoms. The molecule has 4 unspecified atom stereocenters. The van der Waals surface area contributed by atoms with Gasteiger partial charge in [-0.1, -0.05) is 0 Å². The number of hydrogen-bond acceptors (Lipinski definition) is 9. The molecule has 8 rings (SSSR count). The Morgan fingerprint density at radius 3 is 1.49 bits per heavy atom. The van der Waals surface area contributed by atoms with E-state index in [4.69, 9.17) is 4.74 Å². The number of ether oxygens (including phenoxy) is 1. The minimum Gasteiger partial charge on any atom is -0.743 e. The van der Waals surface area contributed by atoms with Crippen molar-refractivity contribution >= 4 is 27.7 Å². The lowest BCUT2D eigenvalue weighted by Gasteiger charge is -2.59. The molecule has 242 valence electrons. The van der Waals surface area contributed by atoms with Crippen LogP contribution in [0.5, 0.6) is 0 Å². The van der Waals surface area contributed by atoms with Gasteiger partial charge in [0.05, 0.1) is 16.6 Å². The van der Waals surface area contributed by atoms with Crippen molar-refractivity contribution in [2.75, 3.05) is 6.61 Å². The van der Waals surface area contributed by atoms with Gasteiger partial charge < -0.3 is 19.5 Å². The van der Waals surface area contributed by atoms with Crippen LogP contribution in [0.2, 0.25) is 0 Å². The van der Waals surface area contributed by atoms with Crippen LogP contribution >= 0.6 is 0 Å². The number of carbonyl (C=O) groups is 3. The molecule has 9 nitrogen and oxygen atoms in total. The standard InChI is InChI=1S/C31H44F2O9S/c1-26(25(36)42-18-31(32,33)43(39,40)41,4-2-23(34)27-8-19-6-20(9-27)13-29(37,12-19)16-27)5-3-24(35)28-10-21-7-22(11-28)15-30(38,14-21)17-28/h19-22,37-38H,2-18H2,1H3,(H,39,40,41)/p-1. The third kappa shape index (κ3) is 5.60. The fraction of sp³-hybridized carbons (Fsp3) is 0.903. The van der Waals surface area contributed by atoms with Gasteiger partial charge in [0.1, 0.15) is 11.6 Å². The van der Waals surface area contributed by atoms with Crippen molar-refractivity contribution in [3.05, 3.63) is 0 Å². The van der Waals surface area contributed by atoms with Crippen LogP contribution in [0, 0.1) is 39.9 Å². The first-order chi connectivity index (χ1) is 19.8. The molecule has 8 aliphatic carbocycles. The molecule has 4 atom stereocenters. The highest BCUT2D eigenvalue weighted by atomic mass is 32.2. The van der Waals surface area contributed by atoms with Gasteiger partial charge in [-0.05, 0) is 120 Å². The summed E-state index contributed by atoms with van der Waals surface area (Å²) < 4.78 is 65.5. The summed E-state index contributed by atoms with van der Waals surface area (Å²) in [5.41, 5.74) is -4.71. The lowest BCUT2D eigenvalue weighted by molar-refractivity contribution is -0.178. The number of carbonyl (C=O) groups excluding carboxylic acids is 3. The van der Waals surface area contributed by atoms with Crippen LogP contribution in [0.3, 0.4) is 0 Å². The first-order valence-electron chi connectivity index (χ1n) is 15.8. The van der Waals surface area contributed by atoms with Crippen LogP contribution < -0.4 is 0 Å². The van der Waals surface area contributed by atoms with E-state index < -0.39 is 55.4 Å². The van der Waals surface area contributed by atoms with Crippen molar-refractivity contribution < 1.29 is 51.1 Å². The fourth-order valence-corrected chi connectivity index (χ4v) is 11.3. The number of alkyl halides is 2. The zero-order valence-corrected chi connectivity index (χ0v) is 25.6. The summed E-state index contributed by atoms with van der Waals surface area (Å²) in [6.07, 6.45) is 7.74. The van der Waals surface area contributed by atoms with Crippen LogP contribution in [0.25, 0.3) is 0 Å². The maximum Gasteiger partial charge on any atom is 0.367 e. The second-order valence-corrected chi connectivity index (χ2v) is 17.5. The molecule has 0 heterocycles. The van der Waals surface area contributed by atoms with E-state index in [0.29, 0.717) is 64.2 Å². The predicted octanol–water partition coefficient (Wildman–Crippen LogP) is 4.04. The Balaban J connectivity index is 1.17. The summed E-state index contributed by atoms with van der Waals surface area (Å²) in [4.78, 5) is 40.8. The molecular formula is C31H43F2O9S-. The van der Waals surface area contributed by atoms with Crippen LogP contribution in [-0.2, 0) is 29.2 Å². The highest BCUT2D eigenvalue weighted by Crippen LogP contribution is 2.63. The normalized spacial score (nSPS) is 42.6. The molecule has 0 aliphatic heterocycles. The van der Waals surface area contributed by atoms with Crippen molar-refractivity contribution in [2.45, 2.75) is 126 Å². The molecule has 8 aliphatic rings. The van der Waals surface area contributed by atoms with Gasteiger partial charge in [0.2, 0.25) is 0 Å². The van der Waals surface area contributed by atoms with Crippen LogP contribution in [0.4, 0.5) is 8.78 Å². The zero-order valence-electron chi connectivity index (χ0n) is 24.7. The van der Waals surface area contributed by atoms with Crippen LogP contribution in [0.1, 0.15) is 110 Å². The van der Waals surface area contributed by atoms with E-state index in [1.165, 1.54) is 6.92 Å². The van der Waals surface area contributed by atoms with Gasteiger partial charge >= 0.3 is 11.2 Å². The van der Waals surface area contributed by atoms with Gasteiger partial charge in [0.25, 0.3) is 0 Å². The van der Waals surface area contributed by atoms with Crippen molar-refractivity contribution in [2.24, 2.45) is 39.9 Å². The minimum absolute atomic E-state index is 0.0827. The third-order valence-electron chi connectivity index (χ3n) is 12.3. The summed E-state index contributed by atoms with van der Waals surface area (Å²) in [6.45, 7) is -0.518. The van der Waals surface area contributed by atoms with Gasteiger partial charge in [-0.2, -0.15) is 8.78 Å². The number of halogens is 2. The second kappa shape index (κ2) is 10.00. The van der Waals surface area contributed by atoms with Crippen molar-refractivity contribution in [1.82, 2.24) is 0 Å². The number of aliphatic hydroxyl groups is 2. The average Bonchev–Trinajstić information content (AvgIpc) is 2.85. The number of ketones is 2. The van der Waals surface area contributed by atoms with E-state index in [-0.39, 0.29) is 60.9 Å². The lowest BCUT2D eigenvalue weighted by Crippen LogP contribution is -2.58. The molecule has 0 aromatic rings. The van der Waals surface area contributed by atoms with E-state index >= 15 is 0 Å². The lowest BCUT2D eigenvalue weighted by atomic mass is 9.46. The number of hydrogen-bond donors (Lipinski definition) is 2. The molecule has 8 fully saturated rings. The van der Waals surface area contributed by atoms with Gasteiger partial charge in [-0.3, -0.25) is 14.4 Å². The summed E-state index contributed by atoms with van der Waals surface area (Å²) in [6, 6.07) is 0. The minimum atomic E-state index is -6.07. The predicted molar refractivity (Wildman–Crippen MR) is 146 cm³/mol. The quantitative estimate of drug-likeness (QED) is 0.240. The van der Waals surface area contributed by atoms with Gasteiger partial charge in [-0.15, -0.1) is 0 Å². The zero-order chi connectivity index (χ0) is 31.3. The number of Topliss-reactive ketones (excluding diaryl/α,β-unsaturated/α-hetero) is 2. The Hall–Kier alpha value is -1.50. The summed E-state index contributed by atoms with van der Waals surface area (Å²) in [5, 5.41) is 17.4. The van der Waals surface area contributed by atoms with E-state index in [9.17, 15) is 46.3 Å². The number of esters is 1. The molecule has 0 spiro atoms. The van der Waals surface area contributed by atoms with Crippen molar-refractivity contribution in [3.63, 3.8) is 0 Å². The molecule has 0 aromatic carbocycles. The first-order valence-corrected chi connectivity index (χ1v) is 17.2. The molecule has 43 heavy (non-hydrogen) atoms. The highest BCUT2D eigenvalue weighted by Gasteiger charge is 2.61. The smallest absolute Gasteiger partial charge is 0.367 e. The Kier molecular flexibility index (Phi) is 7.32. The average molecular weight is 630 g/mol. The molecule has 2 N–H and O–H groups in total. The van der Waals surface area contributed by atoms with Gasteiger partial charge in [0.15, 0.2) is 16.7 Å². The van der Waals surface area contributed by atoms with Crippen LogP contribution in [-0.4, -0.2) is 63.8 Å². The van der Waals surface area contributed by atoms with Crippen LogP contribution in [0.15, 0.2) is 0 Å². The number of rotatable bonds is 12. The molecule has 0 radical (unpaired) electrons. The topological polar surface area (TPSA) is 158 Å². The van der Waals surface area contributed by atoms with E-state index in [1.807, 2.05) is 0 Å². The first kappa shape index (κ1) is 31.5. The fourth-order valence-electron chi connectivity index (χ4n) is 11.1. The molecule has 0 saturated heterocycles. The third-order valence-corrected chi connectivity index (χ3v) is 13.1. The molecular weight excluding hydrogens is 586 g/mol. The second-order valence-electron chi connectivity index (χ2n) is 16.0. The molecule has 8 saturated carbocycles. The van der Waals surface area contributed by atoms with Crippen molar-refractivity contribution in [1.29, 1.82) is 0 Å².